The normalized spacial score (nSPS) is 14.2. The lowest BCUT2D eigenvalue weighted by Gasteiger charge is -2.37. The zero-order valence-corrected chi connectivity index (χ0v) is 19.9. The second-order valence-corrected chi connectivity index (χ2v) is 8.45. The summed E-state index contributed by atoms with van der Waals surface area (Å²) >= 11 is 5.99. The Morgan fingerprint density at radius 2 is 1.71 bits per heavy atom. The molecule has 11 heteroatoms. The van der Waals surface area contributed by atoms with E-state index in [0.29, 0.717) is 23.8 Å². The van der Waals surface area contributed by atoms with Gasteiger partial charge in [0.1, 0.15) is 5.82 Å². The van der Waals surface area contributed by atoms with E-state index in [1.807, 2.05) is 0 Å². The Morgan fingerprint density at radius 1 is 1.06 bits per heavy atom. The van der Waals surface area contributed by atoms with Gasteiger partial charge in [0.15, 0.2) is 5.78 Å². The van der Waals surface area contributed by atoms with E-state index in [1.165, 1.54) is 17.0 Å². The summed E-state index contributed by atoms with van der Waals surface area (Å²) in [6.07, 6.45) is -3.25. The molecule has 0 saturated carbocycles. The minimum atomic E-state index is -3.25. The predicted molar refractivity (Wildman–Crippen MR) is 126 cm³/mol. The zero-order valence-electron chi connectivity index (χ0n) is 19.1. The number of halogens is 4. The number of benzene rings is 2. The minimum Gasteiger partial charge on any atom is -0.344 e. The van der Waals surface area contributed by atoms with Gasteiger partial charge in [-0.1, -0.05) is 30.7 Å². The molecule has 0 spiro atoms. The molecule has 0 radical (unpaired) electrons. The van der Waals surface area contributed by atoms with Gasteiger partial charge in [-0.2, -0.15) is 8.78 Å². The molecule has 0 bridgehead atoms. The topological polar surface area (TPSA) is 73.0 Å². The van der Waals surface area contributed by atoms with Crippen LogP contribution in [0, 0.1) is 5.82 Å². The van der Waals surface area contributed by atoms with Crippen LogP contribution in [-0.4, -0.2) is 73.2 Å². The number of carbonyl (C=O) groups excluding carboxylic acids is 3. The Kier molecular flexibility index (Phi) is 9.11. The van der Waals surface area contributed by atoms with Crippen LogP contribution in [0.5, 0.6) is 0 Å². The fraction of sp³-hybridized carbons (Fsp3) is 0.375. The second-order valence-electron chi connectivity index (χ2n) is 8.01. The highest BCUT2D eigenvalue weighted by atomic mass is 35.5. The summed E-state index contributed by atoms with van der Waals surface area (Å²) in [4.78, 5) is 41.9. The van der Waals surface area contributed by atoms with Crippen LogP contribution in [0.2, 0.25) is 5.02 Å². The van der Waals surface area contributed by atoms with Crippen molar-refractivity contribution in [2.45, 2.75) is 19.9 Å². The van der Waals surface area contributed by atoms with Crippen molar-refractivity contribution in [3.8, 4) is 0 Å². The first-order chi connectivity index (χ1) is 16.7. The maximum Gasteiger partial charge on any atom is 0.324 e. The van der Waals surface area contributed by atoms with E-state index in [2.05, 4.69) is 11.8 Å². The highest BCUT2D eigenvalue weighted by Crippen LogP contribution is 2.24. The number of alkyl halides is 2. The third-order valence-corrected chi connectivity index (χ3v) is 6.04. The summed E-state index contributed by atoms with van der Waals surface area (Å²) in [6, 6.07) is 10.0. The maximum absolute atomic E-state index is 14.9. The Labute approximate surface area is 206 Å². The van der Waals surface area contributed by atoms with Crippen LogP contribution in [0.3, 0.4) is 0 Å². The van der Waals surface area contributed by atoms with Crippen molar-refractivity contribution in [3.05, 3.63) is 64.4 Å². The van der Waals surface area contributed by atoms with Gasteiger partial charge in [0, 0.05) is 48.0 Å². The van der Waals surface area contributed by atoms with Gasteiger partial charge < -0.3 is 15.1 Å². The van der Waals surface area contributed by atoms with E-state index in [1.54, 1.807) is 34.5 Å². The van der Waals surface area contributed by atoms with Gasteiger partial charge in [0.25, 0.3) is 5.91 Å². The third-order valence-electron chi connectivity index (χ3n) is 5.78. The van der Waals surface area contributed by atoms with Gasteiger partial charge >= 0.3 is 12.5 Å². The van der Waals surface area contributed by atoms with Crippen molar-refractivity contribution in [2.75, 3.05) is 44.2 Å². The summed E-state index contributed by atoms with van der Waals surface area (Å²) in [5, 5.41) is 2.29. The number of Topliss-reactive ketones (excluding diaryl/α,β-unsaturated/α-hetero) is 1. The van der Waals surface area contributed by atoms with E-state index in [9.17, 15) is 27.6 Å². The standard InChI is InChI=1S/C24H26ClF3N4O3/c1-2-30-9-11-31(12-10-30)24(35)32(19-7-5-18(25)6-8-19)15-17-4-3-16(13-20(17)26)21(33)14-29-23(34)22(27)28/h3-8,13,22H,2,9-12,14-15H2,1H3,(H,29,34). The number of nitrogens with zero attached hydrogens (tertiary/aromatic N) is 3. The van der Waals surface area contributed by atoms with Crippen LogP contribution in [0.1, 0.15) is 22.8 Å². The number of piperazine rings is 1. The molecule has 188 valence electrons. The molecule has 2 aromatic rings. The van der Waals surface area contributed by atoms with E-state index < -0.39 is 30.5 Å². The molecule has 1 aliphatic heterocycles. The number of amides is 3. The van der Waals surface area contributed by atoms with Crippen molar-refractivity contribution in [1.29, 1.82) is 0 Å². The number of likely N-dealkylation sites (N-methyl/N-ethyl adjacent to an activating group) is 1. The lowest BCUT2D eigenvalue weighted by atomic mass is 10.1. The molecule has 7 nitrogen and oxygen atoms in total. The average molecular weight is 511 g/mol. The first-order valence-electron chi connectivity index (χ1n) is 11.1. The lowest BCUT2D eigenvalue weighted by molar-refractivity contribution is -0.131. The predicted octanol–water partition coefficient (Wildman–Crippen LogP) is 3.81. The summed E-state index contributed by atoms with van der Waals surface area (Å²) in [5.41, 5.74) is 0.612. The summed E-state index contributed by atoms with van der Waals surface area (Å²) < 4.78 is 39.5. The number of carbonyl (C=O) groups is 3. The number of urea groups is 1. The maximum atomic E-state index is 14.9. The molecule has 1 fully saturated rings. The van der Waals surface area contributed by atoms with Crippen LogP contribution in [0.15, 0.2) is 42.5 Å². The van der Waals surface area contributed by atoms with E-state index in [4.69, 9.17) is 11.6 Å². The second kappa shape index (κ2) is 12.0. The van der Waals surface area contributed by atoms with Gasteiger partial charge in [0.2, 0.25) is 0 Å². The molecule has 0 unspecified atom stereocenters. The first-order valence-corrected chi connectivity index (χ1v) is 11.5. The first kappa shape index (κ1) is 26.5. The monoisotopic (exact) mass is 510 g/mol. The number of hydrogen-bond donors (Lipinski definition) is 1. The summed E-state index contributed by atoms with van der Waals surface area (Å²) in [5.74, 6) is -3.03. The van der Waals surface area contributed by atoms with Gasteiger partial charge in [-0.15, -0.1) is 0 Å². The fourth-order valence-corrected chi connectivity index (χ4v) is 3.81. The van der Waals surface area contributed by atoms with E-state index in [0.717, 1.165) is 25.7 Å². The molecule has 1 heterocycles. The fourth-order valence-electron chi connectivity index (χ4n) is 3.68. The SMILES string of the molecule is CCN1CCN(C(=O)N(Cc2ccc(C(=O)CNC(=O)C(F)F)cc2F)c2ccc(Cl)cc2)CC1. The molecule has 1 N–H and O–H groups in total. The number of rotatable bonds is 8. The quantitative estimate of drug-likeness (QED) is 0.548. The zero-order chi connectivity index (χ0) is 25.5. The summed E-state index contributed by atoms with van der Waals surface area (Å²) in [6.45, 7) is 4.73. The van der Waals surface area contributed by atoms with Crippen LogP contribution in [0.4, 0.5) is 23.7 Å². The Bertz CT molecular complexity index is 1060. The van der Waals surface area contributed by atoms with E-state index in [-0.39, 0.29) is 23.7 Å². The number of hydrogen-bond acceptors (Lipinski definition) is 4. The number of nitrogens with one attached hydrogen (secondary N) is 1. The molecule has 3 rings (SSSR count). The highest BCUT2D eigenvalue weighted by Gasteiger charge is 2.27. The molecule has 1 aliphatic rings. The van der Waals surface area contributed by atoms with Crippen molar-refractivity contribution >= 4 is 35.0 Å². The van der Waals surface area contributed by atoms with E-state index >= 15 is 0 Å². The molecule has 0 aromatic heterocycles. The van der Waals surface area contributed by atoms with Gasteiger partial charge in [0.05, 0.1) is 13.1 Å². The smallest absolute Gasteiger partial charge is 0.324 e. The Hall–Kier alpha value is -3.11. The number of ketones is 1. The average Bonchev–Trinajstić information content (AvgIpc) is 2.86. The van der Waals surface area contributed by atoms with Crippen molar-refractivity contribution in [2.24, 2.45) is 0 Å². The number of anilines is 1. The van der Waals surface area contributed by atoms with Gasteiger partial charge in [-0.25, -0.2) is 9.18 Å². The molecule has 2 aromatic carbocycles. The highest BCUT2D eigenvalue weighted by molar-refractivity contribution is 6.30. The van der Waals surface area contributed by atoms with Crippen LogP contribution in [-0.2, 0) is 11.3 Å². The minimum absolute atomic E-state index is 0.0825. The van der Waals surface area contributed by atoms with Crippen LogP contribution in [0.25, 0.3) is 0 Å². The van der Waals surface area contributed by atoms with Crippen molar-refractivity contribution in [1.82, 2.24) is 15.1 Å². The molecular formula is C24H26ClF3N4O3. The molecular weight excluding hydrogens is 485 g/mol. The molecule has 35 heavy (non-hydrogen) atoms. The van der Waals surface area contributed by atoms with Crippen LogP contribution >= 0.6 is 11.6 Å². The van der Waals surface area contributed by atoms with Crippen molar-refractivity contribution < 1.29 is 27.6 Å². The lowest BCUT2D eigenvalue weighted by Crippen LogP contribution is -2.52. The summed E-state index contributed by atoms with van der Waals surface area (Å²) in [7, 11) is 0. The van der Waals surface area contributed by atoms with Gasteiger partial charge in [-0.05, 0) is 36.9 Å². The molecule has 3 amide bonds. The molecule has 0 atom stereocenters. The Morgan fingerprint density at radius 3 is 2.29 bits per heavy atom. The Balaban J connectivity index is 1.78. The third kappa shape index (κ3) is 6.95. The van der Waals surface area contributed by atoms with Gasteiger partial charge in [-0.3, -0.25) is 14.5 Å². The van der Waals surface area contributed by atoms with Crippen LogP contribution < -0.4 is 10.2 Å². The largest absolute Gasteiger partial charge is 0.344 e. The molecule has 0 aliphatic carbocycles. The van der Waals surface area contributed by atoms with Crippen molar-refractivity contribution in [3.63, 3.8) is 0 Å². The molecule has 1 saturated heterocycles.